The topological polar surface area (TPSA) is 38.4 Å². The van der Waals surface area contributed by atoms with Gasteiger partial charge >= 0.3 is 0 Å². The van der Waals surface area contributed by atoms with E-state index in [-0.39, 0.29) is 0 Å². The maximum atomic E-state index is 4.68. The van der Waals surface area contributed by atoms with Crippen LogP contribution < -0.4 is 0 Å². The summed E-state index contributed by atoms with van der Waals surface area (Å²) in [6.07, 6.45) is 5.16. The molecular weight excluding hydrogens is 140 g/mol. The molecule has 0 saturated carbocycles. The van der Waals surface area contributed by atoms with Gasteiger partial charge in [0.1, 0.15) is 12.0 Å². The number of hydrogen-bond donors (Lipinski definition) is 0. The highest BCUT2D eigenvalue weighted by molar-refractivity contribution is 5.82. The summed E-state index contributed by atoms with van der Waals surface area (Å²) in [5.41, 5.74) is 1.90. The summed E-state index contributed by atoms with van der Waals surface area (Å²) in [7, 11) is 1.73. The molecule has 0 bridgehead atoms. The number of allylic oxidation sites excluding steroid dienone is 2. The lowest BCUT2D eigenvalue weighted by atomic mass is 10.2. The minimum Gasteiger partial charge on any atom is -0.364 e. The Kier molecular flexibility index (Phi) is 2.60. The van der Waals surface area contributed by atoms with Gasteiger partial charge in [0.15, 0.2) is 0 Å². The lowest BCUT2D eigenvalue weighted by molar-refractivity contribution is 0.417. The summed E-state index contributed by atoms with van der Waals surface area (Å²) < 4.78 is 4.68. The first-order valence-electron chi connectivity index (χ1n) is 3.34. The molecule has 0 aliphatic heterocycles. The molecule has 0 aliphatic carbocycles. The molecule has 0 unspecified atom stereocenters. The zero-order valence-corrected chi connectivity index (χ0v) is 6.61. The van der Waals surface area contributed by atoms with Crippen molar-refractivity contribution in [1.82, 2.24) is 5.16 Å². The smallest absolute Gasteiger partial charge is 0.124 e. The maximum absolute atomic E-state index is 4.68. The van der Waals surface area contributed by atoms with Gasteiger partial charge in [0.25, 0.3) is 0 Å². The van der Waals surface area contributed by atoms with Gasteiger partial charge in [0.2, 0.25) is 0 Å². The zero-order valence-electron chi connectivity index (χ0n) is 6.61. The zero-order chi connectivity index (χ0) is 8.10. The Morgan fingerprint density at radius 3 is 3.09 bits per heavy atom. The van der Waals surface area contributed by atoms with E-state index in [1.165, 1.54) is 0 Å². The molecule has 1 rings (SSSR count). The van der Waals surface area contributed by atoms with Crippen molar-refractivity contribution in [3.63, 3.8) is 0 Å². The average molecular weight is 150 g/mol. The number of nitrogens with zero attached hydrogens (tertiary/aromatic N) is 2. The predicted molar refractivity (Wildman–Crippen MR) is 44.6 cm³/mol. The van der Waals surface area contributed by atoms with E-state index in [1.54, 1.807) is 19.5 Å². The molecule has 3 heteroatoms. The van der Waals surface area contributed by atoms with Gasteiger partial charge in [-0.2, -0.15) is 0 Å². The van der Waals surface area contributed by atoms with E-state index < -0.39 is 0 Å². The molecular formula is C8H10N2O. The molecule has 0 aromatic carbocycles. The van der Waals surface area contributed by atoms with Gasteiger partial charge < -0.3 is 4.52 Å². The summed E-state index contributed by atoms with van der Waals surface area (Å²) in [6.45, 7) is 1.96. The van der Waals surface area contributed by atoms with Gasteiger partial charge in [-0.1, -0.05) is 5.16 Å². The van der Waals surface area contributed by atoms with E-state index >= 15 is 0 Å². The molecule has 0 spiro atoms. The summed E-state index contributed by atoms with van der Waals surface area (Å²) in [4.78, 5) is 3.83. The monoisotopic (exact) mass is 150 g/mol. The Hall–Kier alpha value is -1.38. The molecule has 0 fully saturated rings. The van der Waals surface area contributed by atoms with Crippen molar-refractivity contribution < 1.29 is 4.52 Å². The molecule has 3 nitrogen and oxygen atoms in total. The minimum absolute atomic E-state index is 0.852. The van der Waals surface area contributed by atoms with Crippen LogP contribution in [0.4, 0.5) is 0 Å². The fourth-order valence-electron chi connectivity index (χ4n) is 0.688. The first-order valence-corrected chi connectivity index (χ1v) is 3.34. The quantitative estimate of drug-likeness (QED) is 0.603. The second kappa shape index (κ2) is 3.71. The lowest BCUT2D eigenvalue weighted by Gasteiger charge is -1.88. The Morgan fingerprint density at radius 1 is 1.73 bits per heavy atom. The fraction of sp³-hybridized carbons (Fsp3) is 0.250. The van der Waals surface area contributed by atoms with Crippen LogP contribution in [0.1, 0.15) is 12.6 Å². The molecule has 0 aliphatic rings. The molecule has 1 heterocycles. The summed E-state index contributed by atoms with van der Waals surface area (Å²) in [5, 5.41) is 3.76. The molecule has 58 valence electrons. The van der Waals surface area contributed by atoms with Crippen LogP contribution in [0.15, 0.2) is 27.9 Å². The maximum Gasteiger partial charge on any atom is 0.124 e. The van der Waals surface area contributed by atoms with Crippen LogP contribution in [-0.2, 0) is 0 Å². The third kappa shape index (κ3) is 2.04. The Bertz CT molecular complexity index is 260. The van der Waals surface area contributed by atoms with Crippen molar-refractivity contribution in [2.45, 2.75) is 6.92 Å². The highest BCUT2D eigenvalue weighted by atomic mass is 16.5. The van der Waals surface area contributed by atoms with Gasteiger partial charge in [-0.3, -0.25) is 4.99 Å². The first-order chi connectivity index (χ1) is 5.34. The fourth-order valence-corrected chi connectivity index (χ4v) is 0.688. The number of aromatic nitrogens is 1. The van der Waals surface area contributed by atoms with Crippen LogP contribution in [-0.4, -0.2) is 18.4 Å². The van der Waals surface area contributed by atoms with Crippen LogP contribution in [0, 0.1) is 0 Å². The van der Waals surface area contributed by atoms with E-state index in [0.29, 0.717) is 0 Å². The van der Waals surface area contributed by atoms with Crippen LogP contribution in [0.25, 0.3) is 5.57 Å². The summed E-state index contributed by atoms with van der Waals surface area (Å²) in [6, 6.07) is 1.81. The van der Waals surface area contributed by atoms with E-state index in [0.717, 1.165) is 11.3 Å². The number of rotatable bonds is 2. The van der Waals surface area contributed by atoms with E-state index in [2.05, 4.69) is 14.7 Å². The molecule has 0 amide bonds. The highest BCUT2D eigenvalue weighted by Crippen LogP contribution is 2.08. The van der Waals surface area contributed by atoms with Crippen molar-refractivity contribution in [2.75, 3.05) is 7.05 Å². The Morgan fingerprint density at radius 2 is 2.55 bits per heavy atom. The van der Waals surface area contributed by atoms with E-state index in [9.17, 15) is 0 Å². The third-order valence-corrected chi connectivity index (χ3v) is 1.32. The first kappa shape index (κ1) is 7.72. The van der Waals surface area contributed by atoms with Gasteiger partial charge in [0, 0.05) is 19.3 Å². The Balaban J connectivity index is 2.77. The summed E-state index contributed by atoms with van der Waals surface area (Å²) in [5.74, 6) is 0. The van der Waals surface area contributed by atoms with Gasteiger partial charge in [-0.05, 0) is 18.6 Å². The van der Waals surface area contributed by atoms with Crippen LogP contribution in [0.3, 0.4) is 0 Å². The van der Waals surface area contributed by atoms with E-state index in [1.807, 2.05) is 19.1 Å². The second-order valence-corrected chi connectivity index (χ2v) is 2.14. The van der Waals surface area contributed by atoms with Crippen LogP contribution >= 0.6 is 0 Å². The molecule has 1 aromatic rings. The van der Waals surface area contributed by atoms with E-state index in [4.69, 9.17) is 0 Å². The largest absolute Gasteiger partial charge is 0.364 e. The SMILES string of the molecule is C/N=C\C=C(/C)c1ccon1. The van der Waals surface area contributed by atoms with Crippen LogP contribution in [0.5, 0.6) is 0 Å². The molecule has 11 heavy (non-hydrogen) atoms. The van der Waals surface area contributed by atoms with Gasteiger partial charge in [-0.15, -0.1) is 0 Å². The minimum atomic E-state index is 0.852. The van der Waals surface area contributed by atoms with Gasteiger partial charge in [0.05, 0.1) is 0 Å². The third-order valence-electron chi connectivity index (χ3n) is 1.32. The molecule has 0 atom stereocenters. The van der Waals surface area contributed by atoms with Crippen molar-refractivity contribution in [3.8, 4) is 0 Å². The Labute approximate surface area is 65.4 Å². The highest BCUT2D eigenvalue weighted by Gasteiger charge is 1.95. The predicted octanol–water partition coefficient (Wildman–Crippen LogP) is 1.78. The molecule has 0 radical (unpaired) electrons. The van der Waals surface area contributed by atoms with Crippen LogP contribution in [0.2, 0.25) is 0 Å². The summed E-state index contributed by atoms with van der Waals surface area (Å²) >= 11 is 0. The second-order valence-electron chi connectivity index (χ2n) is 2.14. The lowest BCUT2D eigenvalue weighted by Crippen LogP contribution is -1.78. The molecule has 0 N–H and O–H groups in total. The van der Waals surface area contributed by atoms with Crippen molar-refractivity contribution in [2.24, 2.45) is 4.99 Å². The molecule has 0 saturated heterocycles. The normalized spacial score (nSPS) is 12.7. The average Bonchev–Trinajstić information content (AvgIpc) is 2.52. The number of hydrogen-bond acceptors (Lipinski definition) is 3. The standard InChI is InChI=1S/C8H10N2O/c1-7(3-5-9-2)8-4-6-11-10-8/h3-6H,1-2H3/b7-3+,9-5-. The number of aliphatic imine (C=N–C) groups is 1. The van der Waals surface area contributed by atoms with Gasteiger partial charge in [-0.25, -0.2) is 0 Å². The van der Waals surface area contributed by atoms with Crippen molar-refractivity contribution in [3.05, 3.63) is 24.1 Å². The van der Waals surface area contributed by atoms with Crippen molar-refractivity contribution >= 4 is 11.8 Å². The van der Waals surface area contributed by atoms with Crippen molar-refractivity contribution in [1.29, 1.82) is 0 Å². The molecule has 1 aromatic heterocycles.